The fourth-order valence-electron chi connectivity index (χ4n) is 2.47. The van der Waals surface area contributed by atoms with Gasteiger partial charge in [0.1, 0.15) is 17.3 Å². The molecular weight excluding hydrogens is 284 g/mol. The Morgan fingerprint density at radius 3 is 2.95 bits per heavy atom. The molecule has 114 valence electrons. The average Bonchev–Trinajstić information content (AvgIpc) is 2.63. The lowest BCUT2D eigenvalue weighted by molar-refractivity contribution is -0.131. The summed E-state index contributed by atoms with van der Waals surface area (Å²) < 4.78 is 5.76. The summed E-state index contributed by atoms with van der Waals surface area (Å²) in [7, 11) is 0. The van der Waals surface area contributed by atoms with Crippen LogP contribution in [0, 0.1) is 5.92 Å². The molecule has 1 amide bonds. The molecule has 4 nitrogen and oxygen atoms in total. The number of amides is 1. The number of para-hydroxylation sites is 1. The molecule has 0 saturated carbocycles. The molecule has 2 rings (SSSR count). The van der Waals surface area contributed by atoms with E-state index in [9.17, 15) is 4.79 Å². The Labute approximate surface area is 131 Å². The van der Waals surface area contributed by atoms with E-state index in [1.807, 2.05) is 29.2 Å². The summed E-state index contributed by atoms with van der Waals surface area (Å²) in [5.41, 5.74) is 6.41. The lowest BCUT2D eigenvalue weighted by Gasteiger charge is -2.21. The van der Waals surface area contributed by atoms with E-state index < -0.39 is 0 Å². The van der Waals surface area contributed by atoms with Crippen molar-refractivity contribution in [3.63, 3.8) is 0 Å². The van der Waals surface area contributed by atoms with Gasteiger partial charge < -0.3 is 15.4 Å². The van der Waals surface area contributed by atoms with Crippen LogP contribution in [0.5, 0.6) is 5.75 Å². The van der Waals surface area contributed by atoms with Gasteiger partial charge in [0.2, 0.25) is 5.91 Å². The number of nitrogens with zero attached hydrogens (tertiary/aromatic N) is 1. The van der Waals surface area contributed by atoms with E-state index in [0.717, 1.165) is 24.9 Å². The lowest BCUT2D eigenvalue weighted by Crippen LogP contribution is -2.34. The van der Waals surface area contributed by atoms with Gasteiger partial charge in [0, 0.05) is 13.0 Å². The normalized spacial score (nSPS) is 19.2. The smallest absolute Gasteiger partial charge is 0.222 e. The number of carbonyl (C=O) groups excluding carboxylic acids is 1. The van der Waals surface area contributed by atoms with Crippen molar-refractivity contribution in [1.82, 2.24) is 4.90 Å². The Morgan fingerprint density at radius 2 is 2.19 bits per heavy atom. The highest BCUT2D eigenvalue weighted by Crippen LogP contribution is 2.19. The number of likely N-dealkylation sites (tertiary alicyclic amines) is 1. The Morgan fingerprint density at radius 1 is 1.43 bits per heavy atom. The second-order valence-corrected chi connectivity index (χ2v) is 5.96. The fourth-order valence-corrected chi connectivity index (χ4v) is 2.64. The molecular formula is C16H22N2O2S. The highest BCUT2D eigenvalue weighted by molar-refractivity contribution is 7.80. The first-order chi connectivity index (χ1) is 10.1. The number of thiocarbonyl (C=S) groups is 1. The van der Waals surface area contributed by atoms with Crippen LogP contribution >= 0.6 is 12.2 Å². The van der Waals surface area contributed by atoms with Crippen LogP contribution in [0.2, 0.25) is 0 Å². The van der Waals surface area contributed by atoms with Gasteiger partial charge in [-0.15, -0.1) is 0 Å². The molecule has 1 saturated heterocycles. The summed E-state index contributed by atoms with van der Waals surface area (Å²) in [6.45, 7) is 4.09. The maximum atomic E-state index is 12.0. The van der Waals surface area contributed by atoms with Crippen LogP contribution in [0.4, 0.5) is 0 Å². The average molecular weight is 306 g/mol. The van der Waals surface area contributed by atoms with Crippen molar-refractivity contribution in [2.75, 3.05) is 19.7 Å². The van der Waals surface area contributed by atoms with Crippen molar-refractivity contribution in [2.45, 2.75) is 26.2 Å². The third-order valence-corrected chi connectivity index (χ3v) is 4.09. The lowest BCUT2D eigenvalue weighted by atomic mass is 10.0. The second kappa shape index (κ2) is 7.41. The third-order valence-electron chi connectivity index (χ3n) is 3.87. The van der Waals surface area contributed by atoms with Crippen molar-refractivity contribution >= 4 is 23.1 Å². The summed E-state index contributed by atoms with van der Waals surface area (Å²) in [4.78, 5) is 14.2. The number of benzene rings is 1. The molecule has 0 spiro atoms. The molecule has 0 aromatic heterocycles. The summed E-state index contributed by atoms with van der Waals surface area (Å²) in [6, 6.07) is 7.45. The van der Waals surface area contributed by atoms with Crippen molar-refractivity contribution < 1.29 is 9.53 Å². The fraction of sp³-hybridized carbons (Fsp3) is 0.500. The first kappa shape index (κ1) is 15.8. The maximum Gasteiger partial charge on any atom is 0.222 e. The largest absolute Gasteiger partial charge is 0.491 e. The summed E-state index contributed by atoms with van der Waals surface area (Å²) >= 11 is 5.01. The topological polar surface area (TPSA) is 55.6 Å². The molecule has 1 unspecified atom stereocenters. The molecule has 1 atom stereocenters. The minimum Gasteiger partial charge on any atom is -0.491 e. The van der Waals surface area contributed by atoms with Gasteiger partial charge in [0.25, 0.3) is 0 Å². The van der Waals surface area contributed by atoms with Crippen LogP contribution in [0.1, 0.15) is 31.7 Å². The molecule has 0 aliphatic carbocycles. The number of ether oxygens (including phenoxy) is 1. The predicted molar refractivity (Wildman–Crippen MR) is 87.4 cm³/mol. The zero-order valence-corrected chi connectivity index (χ0v) is 13.2. The number of nitrogens with two attached hydrogens (primary N) is 1. The van der Waals surface area contributed by atoms with E-state index in [1.165, 1.54) is 0 Å². The monoisotopic (exact) mass is 306 g/mol. The quantitative estimate of drug-likeness (QED) is 0.849. The summed E-state index contributed by atoms with van der Waals surface area (Å²) in [5.74, 6) is 1.53. The molecule has 1 aliphatic heterocycles. The first-order valence-electron chi connectivity index (χ1n) is 7.37. The van der Waals surface area contributed by atoms with Gasteiger partial charge in [-0.2, -0.15) is 0 Å². The SMILES string of the molecule is CC1CCC(=O)N(CCOc2ccccc2C(N)=S)CC1. The zero-order valence-electron chi connectivity index (χ0n) is 12.4. The zero-order chi connectivity index (χ0) is 15.2. The van der Waals surface area contributed by atoms with Crippen LogP contribution < -0.4 is 10.5 Å². The van der Waals surface area contributed by atoms with Crippen molar-refractivity contribution in [1.29, 1.82) is 0 Å². The van der Waals surface area contributed by atoms with Gasteiger partial charge >= 0.3 is 0 Å². The maximum absolute atomic E-state index is 12.0. The molecule has 1 aromatic carbocycles. The van der Waals surface area contributed by atoms with Gasteiger partial charge in [-0.1, -0.05) is 31.3 Å². The predicted octanol–water partition coefficient (Wildman–Crippen LogP) is 2.35. The van der Waals surface area contributed by atoms with E-state index in [-0.39, 0.29) is 5.91 Å². The Bertz CT molecular complexity index is 519. The van der Waals surface area contributed by atoms with Crippen LogP contribution in [-0.2, 0) is 4.79 Å². The van der Waals surface area contributed by atoms with Gasteiger partial charge in [0.05, 0.1) is 12.1 Å². The molecule has 1 fully saturated rings. The Balaban J connectivity index is 1.89. The molecule has 1 aliphatic rings. The van der Waals surface area contributed by atoms with Crippen molar-refractivity contribution in [3.05, 3.63) is 29.8 Å². The van der Waals surface area contributed by atoms with Crippen LogP contribution in [0.15, 0.2) is 24.3 Å². The minimum atomic E-state index is 0.227. The molecule has 21 heavy (non-hydrogen) atoms. The minimum absolute atomic E-state index is 0.227. The Hall–Kier alpha value is -1.62. The van der Waals surface area contributed by atoms with E-state index in [0.29, 0.717) is 36.2 Å². The molecule has 5 heteroatoms. The van der Waals surface area contributed by atoms with E-state index in [2.05, 4.69) is 6.92 Å². The molecule has 0 radical (unpaired) electrons. The van der Waals surface area contributed by atoms with E-state index >= 15 is 0 Å². The molecule has 2 N–H and O–H groups in total. The molecule has 0 bridgehead atoms. The molecule has 1 aromatic rings. The Kier molecular flexibility index (Phi) is 5.56. The summed E-state index contributed by atoms with van der Waals surface area (Å²) in [6.07, 6.45) is 2.69. The number of hydrogen-bond donors (Lipinski definition) is 1. The van der Waals surface area contributed by atoms with Crippen LogP contribution in [0.25, 0.3) is 0 Å². The number of hydrogen-bond acceptors (Lipinski definition) is 3. The van der Waals surface area contributed by atoms with Gasteiger partial charge in [-0.25, -0.2) is 0 Å². The van der Waals surface area contributed by atoms with E-state index in [4.69, 9.17) is 22.7 Å². The first-order valence-corrected chi connectivity index (χ1v) is 7.78. The van der Waals surface area contributed by atoms with Crippen LogP contribution in [0.3, 0.4) is 0 Å². The third kappa shape index (κ3) is 4.43. The number of rotatable bonds is 5. The second-order valence-electron chi connectivity index (χ2n) is 5.52. The summed E-state index contributed by atoms with van der Waals surface area (Å²) in [5, 5.41) is 0. The number of carbonyl (C=O) groups is 1. The molecule has 1 heterocycles. The van der Waals surface area contributed by atoms with Gasteiger partial charge in [-0.05, 0) is 30.9 Å². The highest BCUT2D eigenvalue weighted by Gasteiger charge is 2.19. The van der Waals surface area contributed by atoms with Crippen molar-refractivity contribution in [2.24, 2.45) is 11.7 Å². The van der Waals surface area contributed by atoms with Crippen LogP contribution in [-0.4, -0.2) is 35.5 Å². The van der Waals surface area contributed by atoms with Gasteiger partial charge in [-0.3, -0.25) is 4.79 Å². The highest BCUT2D eigenvalue weighted by atomic mass is 32.1. The van der Waals surface area contributed by atoms with E-state index in [1.54, 1.807) is 0 Å². The van der Waals surface area contributed by atoms with Crippen molar-refractivity contribution in [3.8, 4) is 5.75 Å². The standard InChI is InChI=1S/C16H22N2O2S/c1-12-6-7-15(19)18(9-8-12)10-11-20-14-5-3-2-4-13(14)16(17)21/h2-5,12H,6-11H2,1H3,(H2,17,21). The van der Waals surface area contributed by atoms with Gasteiger partial charge in [0.15, 0.2) is 0 Å².